The molecule has 14 atom stereocenters. The van der Waals surface area contributed by atoms with Crippen LogP contribution in [0.25, 0.3) is 0 Å². The molecular weight excluding hydrogens is 508 g/mol. The lowest BCUT2D eigenvalue weighted by Crippen LogP contribution is -2.69. The second-order valence-electron chi connectivity index (χ2n) is 10.2. The second-order valence-corrected chi connectivity index (χ2v) is 10.2. The zero-order valence-electron chi connectivity index (χ0n) is 21.2. The van der Waals surface area contributed by atoms with Crippen LogP contribution in [0.3, 0.4) is 0 Å². The summed E-state index contributed by atoms with van der Waals surface area (Å²) in [5.41, 5.74) is 29.7. The maximum absolute atomic E-state index is 12.3. The second kappa shape index (κ2) is 14.0. The Morgan fingerprint density at radius 3 is 2.13 bits per heavy atom. The third-order valence-corrected chi connectivity index (χ3v) is 7.34. The van der Waals surface area contributed by atoms with Crippen LogP contribution >= 0.6 is 0 Å². The van der Waals surface area contributed by atoms with Crippen LogP contribution < -0.4 is 34.0 Å². The summed E-state index contributed by atoms with van der Waals surface area (Å²) in [5.74, 6) is -0.885. The minimum absolute atomic E-state index is 0.0327. The van der Waals surface area contributed by atoms with Crippen molar-refractivity contribution in [2.75, 3.05) is 19.7 Å². The predicted octanol–water partition coefficient (Wildman–Crippen LogP) is -6.40. The summed E-state index contributed by atoms with van der Waals surface area (Å²) in [4.78, 5) is 12.3. The highest BCUT2D eigenvalue weighted by molar-refractivity contribution is 5.80. The molecule has 2 aliphatic heterocycles. The van der Waals surface area contributed by atoms with Crippen molar-refractivity contribution in [3.63, 3.8) is 0 Å². The van der Waals surface area contributed by atoms with Gasteiger partial charge in [-0.1, -0.05) is 0 Å². The van der Waals surface area contributed by atoms with E-state index >= 15 is 0 Å². The summed E-state index contributed by atoms with van der Waals surface area (Å²) in [6, 6.07) is -3.37. The lowest BCUT2D eigenvalue weighted by Gasteiger charge is -2.48. The smallest absolute Gasteiger partial charge is 0.249 e. The van der Waals surface area contributed by atoms with Gasteiger partial charge in [0.2, 0.25) is 5.91 Å². The number of rotatable bonds is 10. The topological polar surface area (TPSA) is 297 Å². The first kappa shape index (κ1) is 31.4. The van der Waals surface area contributed by atoms with Crippen molar-refractivity contribution in [1.29, 1.82) is 0 Å². The van der Waals surface area contributed by atoms with Crippen LogP contribution in [0.5, 0.6) is 0 Å². The third-order valence-electron chi connectivity index (χ3n) is 7.34. The van der Waals surface area contributed by atoms with Crippen LogP contribution in [-0.2, 0) is 23.7 Å². The summed E-state index contributed by atoms with van der Waals surface area (Å²) in [6.45, 7) is -0.371. The van der Waals surface area contributed by atoms with Crippen molar-refractivity contribution < 1.29 is 49.3 Å². The number of aliphatic hydroxyl groups excluding tert-OH is 5. The maximum atomic E-state index is 12.3. The molecule has 1 aliphatic carbocycles. The molecule has 2 saturated heterocycles. The van der Waals surface area contributed by atoms with E-state index in [4.69, 9.17) is 47.6 Å². The summed E-state index contributed by atoms with van der Waals surface area (Å²) in [5, 5.41) is 54.6. The van der Waals surface area contributed by atoms with Gasteiger partial charge in [0.05, 0.1) is 24.8 Å². The van der Waals surface area contributed by atoms with E-state index in [0.29, 0.717) is 12.8 Å². The van der Waals surface area contributed by atoms with E-state index in [-0.39, 0.29) is 32.0 Å². The SMILES string of the molecule is NCC[C@H](O)C(=O)N[C@@H]1[C@@H](O)[C@@H](O[C@@H]2[C@@H](O)[C@H](O[C@H]3O[C@H](CN)CC[C@H]3N)[C@@H](N)C[C@H]2N)O[C@H](CO)[C@H]1O. The zero-order chi connectivity index (χ0) is 28.1. The van der Waals surface area contributed by atoms with Crippen LogP contribution in [0.4, 0.5) is 0 Å². The Morgan fingerprint density at radius 2 is 1.55 bits per heavy atom. The minimum Gasteiger partial charge on any atom is -0.394 e. The van der Waals surface area contributed by atoms with Gasteiger partial charge in [-0.15, -0.1) is 0 Å². The Labute approximate surface area is 220 Å². The number of hydrogen-bond donors (Lipinski definition) is 11. The van der Waals surface area contributed by atoms with E-state index in [1.54, 1.807) is 0 Å². The number of aliphatic hydroxyl groups is 5. The Morgan fingerprint density at radius 1 is 0.921 bits per heavy atom. The van der Waals surface area contributed by atoms with Gasteiger partial charge in [0.15, 0.2) is 12.6 Å². The third kappa shape index (κ3) is 7.15. The van der Waals surface area contributed by atoms with Gasteiger partial charge in [-0.25, -0.2) is 0 Å². The van der Waals surface area contributed by atoms with E-state index in [1.165, 1.54) is 0 Å². The Bertz CT molecular complexity index is 757. The number of amides is 1. The molecule has 1 saturated carbocycles. The molecule has 3 aliphatic rings. The molecule has 1 amide bonds. The molecule has 16 heteroatoms. The standard InChI is InChI=1S/C22H44N6O10/c23-4-3-12(30)20(34)28-14-15(31)13(7-29)36-22(16(14)32)38-19-11(27)5-10(26)18(17(19)33)37-21-9(25)2-1-8(6-24)35-21/h8-19,21-22,29-33H,1-7,23-27H2,(H,28,34)/t8-,9+,10-,11+,12-,13+,14-,15+,16+,17-,18+,19-,21+,22+/m0/s1. The van der Waals surface area contributed by atoms with Crippen LogP contribution in [0, 0.1) is 0 Å². The lowest BCUT2D eigenvalue weighted by molar-refractivity contribution is -0.314. The fourth-order valence-corrected chi connectivity index (χ4v) is 5.05. The van der Waals surface area contributed by atoms with Gasteiger partial charge in [0.1, 0.15) is 42.7 Å². The molecule has 0 aromatic carbocycles. The fourth-order valence-electron chi connectivity index (χ4n) is 5.05. The minimum atomic E-state index is -1.67. The van der Waals surface area contributed by atoms with Crippen LogP contribution in [0.1, 0.15) is 25.7 Å². The highest BCUT2D eigenvalue weighted by atomic mass is 16.7. The van der Waals surface area contributed by atoms with Gasteiger partial charge in [-0.2, -0.15) is 0 Å². The molecule has 2 heterocycles. The van der Waals surface area contributed by atoms with Gasteiger partial charge in [-0.3, -0.25) is 4.79 Å². The Balaban J connectivity index is 1.73. The molecule has 16 nitrogen and oxygen atoms in total. The zero-order valence-corrected chi connectivity index (χ0v) is 21.2. The summed E-state index contributed by atoms with van der Waals surface area (Å²) < 4.78 is 23.2. The van der Waals surface area contributed by atoms with Gasteiger partial charge in [0, 0.05) is 18.6 Å². The predicted molar refractivity (Wildman–Crippen MR) is 131 cm³/mol. The van der Waals surface area contributed by atoms with Gasteiger partial charge in [-0.05, 0) is 32.2 Å². The molecule has 3 fully saturated rings. The first-order chi connectivity index (χ1) is 18.0. The van der Waals surface area contributed by atoms with Crippen molar-refractivity contribution in [1.82, 2.24) is 5.32 Å². The molecule has 222 valence electrons. The first-order valence-electron chi connectivity index (χ1n) is 12.9. The molecular formula is C22H44N6O10. The summed E-state index contributed by atoms with van der Waals surface area (Å²) >= 11 is 0. The first-order valence-corrected chi connectivity index (χ1v) is 12.9. The maximum Gasteiger partial charge on any atom is 0.249 e. The number of carbonyl (C=O) groups is 1. The molecule has 0 unspecified atom stereocenters. The Kier molecular flexibility index (Phi) is 11.6. The van der Waals surface area contributed by atoms with Crippen LogP contribution in [0.15, 0.2) is 0 Å². The highest BCUT2D eigenvalue weighted by Crippen LogP contribution is 2.31. The average molecular weight is 553 g/mol. The summed E-state index contributed by atoms with van der Waals surface area (Å²) in [7, 11) is 0. The van der Waals surface area contributed by atoms with Gasteiger partial charge in [0.25, 0.3) is 0 Å². The van der Waals surface area contributed by atoms with Crippen molar-refractivity contribution in [3.8, 4) is 0 Å². The Hall–Kier alpha value is -1.09. The molecule has 0 bridgehead atoms. The van der Waals surface area contributed by atoms with E-state index in [1.807, 2.05) is 0 Å². The molecule has 16 N–H and O–H groups in total. The quantitative estimate of drug-likeness (QED) is 0.120. The molecule has 0 aromatic rings. The van der Waals surface area contributed by atoms with Crippen LogP contribution in [0.2, 0.25) is 0 Å². The average Bonchev–Trinajstić information content (AvgIpc) is 2.88. The number of carbonyl (C=O) groups excluding carboxylic acids is 1. The van der Waals surface area contributed by atoms with Crippen molar-refractivity contribution >= 4 is 5.91 Å². The largest absolute Gasteiger partial charge is 0.394 e. The molecule has 0 spiro atoms. The lowest BCUT2D eigenvalue weighted by atomic mass is 9.84. The van der Waals surface area contributed by atoms with E-state index in [9.17, 15) is 30.3 Å². The van der Waals surface area contributed by atoms with E-state index in [0.717, 1.165) is 0 Å². The van der Waals surface area contributed by atoms with Crippen molar-refractivity contribution in [2.24, 2.45) is 28.7 Å². The molecule has 38 heavy (non-hydrogen) atoms. The number of hydrogen-bond acceptors (Lipinski definition) is 15. The number of ether oxygens (including phenoxy) is 4. The van der Waals surface area contributed by atoms with Gasteiger partial charge >= 0.3 is 0 Å². The number of nitrogens with one attached hydrogen (secondary N) is 1. The normalized spacial score (nSPS) is 44.9. The van der Waals surface area contributed by atoms with Gasteiger partial charge < -0.3 is 78.5 Å². The summed E-state index contributed by atoms with van der Waals surface area (Å²) in [6.07, 6.45) is -10.8. The highest BCUT2D eigenvalue weighted by Gasteiger charge is 2.51. The van der Waals surface area contributed by atoms with E-state index < -0.39 is 92.0 Å². The molecule has 3 rings (SSSR count). The monoisotopic (exact) mass is 552 g/mol. The van der Waals surface area contributed by atoms with Crippen molar-refractivity contribution in [2.45, 2.75) is 111 Å². The molecule has 0 aromatic heterocycles. The van der Waals surface area contributed by atoms with E-state index in [2.05, 4.69) is 5.32 Å². The van der Waals surface area contributed by atoms with Crippen LogP contribution in [-0.4, -0.2) is 137 Å². The number of nitrogens with two attached hydrogens (primary N) is 5. The fraction of sp³-hybridized carbons (Fsp3) is 0.955. The molecule has 0 radical (unpaired) electrons. The van der Waals surface area contributed by atoms with Crippen molar-refractivity contribution in [3.05, 3.63) is 0 Å².